The van der Waals surface area contributed by atoms with E-state index in [9.17, 15) is 4.79 Å². The number of aromatic nitrogens is 1. The number of nitrogens with zero attached hydrogens (tertiary/aromatic N) is 1. The molecule has 4 nitrogen and oxygen atoms in total. The van der Waals surface area contributed by atoms with Crippen LogP contribution in [-0.2, 0) is 6.54 Å². The van der Waals surface area contributed by atoms with Crippen LogP contribution in [0.5, 0.6) is 0 Å². The van der Waals surface area contributed by atoms with Crippen molar-refractivity contribution >= 4 is 17.4 Å². The zero-order valence-electron chi connectivity index (χ0n) is 13.5. The highest BCUT2D eigenvalue weighted by atomic mass is 16.1. The van der Waals surface area contributed by atoms with Gasteiger partial charge in [-0.3, -0.25) is 4.79 Å². The van der Waals surface area contributed by atoms with Gasteiger partial charge in [0.2, 0.25) is 0 Å². The molecule has 3 rings (SSSR count). The van der Waals surface area contributed by atoms with Crippen LogP contribution in [0.15, 0.2) is 72.8 Å². The lowest BCUT2D eigenvalue weighted by molar-refractivity contribution is 0.102. The third-order valence-electron chi connectivity index (χ3n) is 3.63. The number of pyridine rings is 1. The molecule has 1 heterocycles. The Bertz CT molecular complexity index is 817. The lowest BCUT2D eigenvalue weighted by Gasteiger charge is -2.13. The first kappa shape index (κ1) is 15.7. The van der Waals surface area contributed by atoms with Gasteiger partial charge in [0.15, 0.2) is 5.82 Å². The number of aryl methyl sites for hydroxylation is 1. The van der Waals surface area contributed by atoms with Gasteiger partial charge in [-0.05, 0) is 36.8 Å². The van der Waals surface area contributed by atoms with Crippen LogP contribution in [-0.4, -0.2) is 10.9 Å². The minimum atomic E-state index is -0.170. The average Bonchev–Trinajstić information content (AvgIpc) is 2.62. The van der Waals surface area contributed by atoms with E-state index in [4.69, 9.17) is 0 Å². The molecule has 0 fully saturated rings. The molecule has 24 heavy (non-hydrogen) atoms. The maximum absolute atomic E-state index is 12.4. The molecule has 0 unspecified atom stereocenters. The van der Waals surface area contributed by atoms with Crippen molar-refractivity contribution in [2.75, 3.05) is 10.6 Å². The Morgan fingerprint density at radius 1 is 0.917 bits per heavy atom. The molecular weight excluding hydrogens is 298 g/mol. The van der Waals surface area contributed by atoms with Gasteiger partial charge >= 0.3 is 0 Å². The van der Waals surface area contributed by atoms with E-state index in [-0.39, 0.29) is 5.91 Å². The van der Waals surface area contributed by atoms with Crippen LogP contribution in [0.3, 0.4) is 0 Å². The maximum atomic E-state index is 12.4. The SMILES string of the molecule is Cc1ccc(NCc2ccccc2)c(NC(=O)c2ccccc2)n1. The van der Waals surface area contributed by atoms with E-state index in [1.54, 1.807) is 12.1 Å². The molecule has 1 aromatic heterocycles. The van der Waals surface area contributed by atoms with Gasteiger partial charge in [-0.25, -0.2) is 4.98 Å². The first-order chi connectivity index (χ1) is 11.7. The standard InChI is InChI=1S/C20H19N3O/c1-15-12-13-18(21-14-16-8-4-2-5-9-16)19(22-15)23-20(24)17-10-6-3-7-11-17/h2-13,21H,14H2,1H3,(H,22,23,24). The maximum Gasteiger partial charge on any atom is 0.256 e. The molecule has 0 saturated carbocycles. The molecule has 0 spiro atoms. The molecule has 4 heteroatoms. The molecule has 120 valence electrons. The Kier molecular flexibility index (Phi) is 4.87. The smallest absolute Gasteiger partial charge is 0.256 e. The second kappa shape index (κ2) is 7.42. The van der Waals surface area contributed by atoms with Crippen molar-refractivity contribution in [2.24, 2.45) is 0 Å². The fourth-order valence-corrected chi connectivity index (χ4v) is 2.36. The monoisotopic (exact) mass is 317 g/mol. The zero-order valence-corrected chi connectivity index (χ0v) is 13.5. The molecule has 0 saturated heterocycles. The molecule has 0 aliphatic heterocycles. The van der Waals surface area contributed by atoms with Gasteiger partial charge in [-0.2, -0.15) is 0 Å². The highest BCUT2D eigenvalue weighted by molar-refractivity contribution is 6.05. The van der Waals surface area contributed by atoms with Crippen LogP contribution < -0.4 is 10.6 Å². The van der Waals surface area contributed by atoms with Crippen LogP contribution in [0.1, 0.15) is 21.6 Å². The Morgan fingerprint density at radius 2 is 1.58 bits per heavy atom. The summed E-state index contributed by atoms with van der Waals surface area (Å²) in [5.41, 5.74) is 3.42. The predicted octanol–water partition coefficient (Wildman–Crippen LogP) is 4.25. The number of hydrogen-bond donors (Lipinski definition) is 2. The van der Waals surface area contributed by atoms with Crippen molar-refractivity contribution in [1.82, 2.24) is 4.98 Å². The van der Waals surface area contributed by atoms with Crippen LogP contribution in [0, 0.1) is 6.92 Å². The molecule has 0 aliphatic rings. The van der Waals surface area contributed by atoms with E-state index < -0.39 is 0 Å². The third-order valence-corrected chi connectivity index (χ3v) is 3.63. The number of anilines is 2. The van der Waals surface area contributed by atoms with Gasteiger partial charge < -0.3 is 10.6 Å². The summed E-state index contributed by atoms with van der Waals surface area (Å²) in [5.74, 6) is 0.372. The number of benzene rings is 2. The molecule has 1 amide bonds. The van der Waals surface area contributed by atoms with E-state index in [1.165, 1.54) is 5.56 Å². The zero-order chi connectivity index (χ0) is 16.8. The number of rotatable bonds is 5. The normalized spacial score (nSPS) is 10.2. The summed E-state index contributed by atoms with van der Waals surface area (Å²) in [7, 11) is 0. The van der Waals surface area contributed by atoms with Gasteiger partial charge in [0.25, 0.3) is 5.91 Å². The first-order valence-electron chi connectivity index (χ1n) is 7.84. The van der Waals surface area contributed by atoms with Gasteiger partial charge in [0, 0.05) is 17.8 Å². The van der Waals surface area contributed by atoms with E-state index >= 15 is 0 Å². The van der Waals surface area contributed by atoms with Crippen molar-refractivity contribution in [3.05, 3.63) is 89.6 Å². The molecule has 0 bridgehead atoms. The summed E-state index contributed by atoms with van der Waals surface area (Å²) in [6.45, 7) is 2.57. The number of hydrogen-bond acceptors (Lipinski definition) is 3. The van der Waals surface area contributed by atoms with Crippen molar-refractivity contribution in [3.63, 3.8) is 0 Å². The molecule has 3 aromatic rings. The van der Waals surface area contributed by atoms with E-state index in [0.29, 0.717) is 17.9 Å². The Labute approximate surface area is 141 Å². The second-order valence-corrected chi connectivity index (χ2v) is 5.51. The van der Waals surface area contributed by atoms with Crippen LogP contribution in [0.4, 0.5) is 11.5 Å². The Hall–Kier alpha value is -3.14. The molecular formula is C20H19N3O. The molecule has 0 radical (unpaired) electrons. The predicted molar refractivity (Wildman–Crippen MR) is 97.1 cm³/mol. The minimum absolute atomic E-state index is 0.170. The van der Waals surface area contributed by atoms with Crippen molar-refractivity contribution in [3.8, 4) is 0 Å². The highest BCUT2D eigenvalue weighted by Gasteiger charge is 2.10. The molecule has 0 aliphatic carbocycles. The van der Waals surface area contributed by atoms with Crippen LogP contribution in [0.25, 0.3) is 0 Å². The fraction of sp³-hybridized carbons (Fsp3) is 0.100. The second-order valence-electron chi connectivity index (χ2n) is 5.51. The Morgan fingerprint density at radius 3 is 2.29 bits per heavy atom. The fourth-order valence-electron chi connectivity index (χ4n) is 2.36. The summed E-state index contributed by atoms with van der Waals surface area (Å²) >= 11 is 0. The molecule has 0 atom stereocenters. The molecule has 2 N–H and O–H groups in total. The highest BCUT2D eigenvalue weighted by Crippen LogP contribution is 2.21. The van der Waals surface area contributed by atoms with Crippen LogP contribution in [0.2, 0.25) is 0 Å². The number of nitrogens with one attached hydrogen (secondary N) is 2. The quantitative estimate of drug-likeness (QED) is 0.739. The molecule has 2 aromatic carbocycles. The summed E-state index contributed by atoms with van der Waals surface area (Å²) in [5, 5.41) is 6.23. The van der Waals surface area contributed by atoms with Crippen LogP contribution >= 0.6 is 0 Å². The van der Waals surface area contributed by atoms with E-state index in [1.807, 2.05) is 55.5 Å². The van der Waals surface area contributed by atoms with Crippen molar-refractivity contribution < 1.29 is 4.79 Å². The topological polar surface area (TPSA) is 54.0 Å². The summed E-state index contributed by atoms with van der Waals surface area (Å²) in [6, 6.07) is 23.1. The largest absolute Gasteiger partial charge is 0.378 e. The number of amides is 1. The average molecular weight is 317 g/mol. The van der Waals surface area contributed by atoms with Crippen molar-refractivity contribution in [2.45, 2.75) is 13.5 Å². The number of carbonyl (C=O) groups is 1. The van der Waals surface area contributed by atoms with E-state index in [0.717, 1.165) is 11.4 Å². The van der Waals surface area contributed by atoms with Gasteiger partial charge in [0.1, 0.15) is 0 Å². The minimum Gasteiger partial charge on any atom is -0.378 e. The third kappa shape index (κ3) is 3.98. The van der Waals surface area contributed by atoms with E-state index in [2.05, 4.69) is 27.8 Å². The summed E-state index contributed by atoms with van der Waals surface area (Å²) in [6.07, 6.45) is 0. The van der Waals surface area contributed by atoms with Gasteiger partial charge in [-0.1, -0.05) is 48.5 Å². The van der Waals surface area contributed by atoms with Gasteiger partial charge in [0.05, 0.1) is 5.69 Å². The van der Waals surface area contributed by atoms with Gasteiger partial charge in [-0.15, -0.1) is 0 Å². The summed E-state index contributed by atoms with van der Waals surface area (Å²) in [4.78, 5) is 16.8. The lowest BCUT2D eigenvalue weighted by atomic mass is 10.2. The first-order valence-corrected chi connectivity index (χ1v) is 7.84. The number of carbonyl (C=O) groups excluding carboxylic acids is 1. The summed E-state index contributed by atoms with van der Waals surface area (Å²) < 4.78 is 0. The van der Waals surface area contributed by atoms with Crippen molar-refractivity contribution in [1.29, 1.82) is 0 Å². The Balaban J connectivity index is 1.77. The lowest BCUT2D eigenvalue weighted by Crippen LogP contribution is -2.15.